The Morgan fingerprint density at radius 2 is 1.57 bits per heavy atom. The molecule has 0 aliphatic rings. The summed E-state index contributed by atoms with van der Waals surface area (Å²) >= 11 is 0. The predicted octanol–water partition coefficient (Wildman–Crippen LogP) is 4.22. The average molecular weight is 277 g/mol. The smallest absolute Gasteiger partial charge is 0.329 e. The molecule has 21 heavy (non-hydrogen) atoms. The van der Waals surface area contributed by atoms with E-state index < -0.39 is 0 Å². The van der Waals surface area contributed by atoms with Crippen molar-refractivity contribution in [3.8, 4) is 11.1 Å². The van der Waals surface area contributed by atoms with Gasteiger partial charge >= 0.3 is 5.82 Å². The molecular weight excluding hydrogens is 266 g/mol. The number of nitrogens with one attached hydrogen (secondary N) is 2. The second-order valence-electron chi connectivity index (χ2n) is 4.90. The first-order valence-corrected chi connectivity index (χ1v) is 6.57. The highest BCUT2D eigenvalue weighted by Crippen LogP contribution is 2.40. The molecule has 0 fully saturated rings. The van der Waals surface area contributed by atoms with E-state index in [0.29, 0.717) is 5.56 Å². The number of fused-ring (bicyclic) bond motifs is 2. The number of nitro groups is 1. The van der Waals surface area contributed by atoms with Crippen LogP contribution in [0.3, 0.4) is 0 Å². The summed E-state index contributed by atoms with van der Waals surface area (Å²) in [6.07, 6.45) is 1.83. The fourth-order valence-electron chi connectivity index (χ4n) is 2.82. The predicted molar refractivity (Wildman–Crippen MR) is 82.2 cm³/mol. The lowest BCUT2D eigenvalue weighted by molar-refractivity contribution is -0.388. The fourth-order valence-corrected chi connectivity index (χ4v) is 2.82. The van der Waals surface area contributed by atoms with Gasteiger partial charge in [-0.25, -0.2) is 4.98 Å². The van der Waals surface area contributed by atoms with Crippen molar-refractivity contribution in [1.82, 2.24) is 9.97 Å². The van der Waals surface area contributed by atoms with Crippen LogP contribution in [0.15, 0.2) is 54.7 Å². The summed E-state index contributed by atoms with van der Waals surface area (Å²) in [7, 11) is 0. The number of rotatable bonds is 2. The van der Waals surface area contributed by atoms with E-state index in [0.717, 1.165) is 27.4 Å². The zero-order valence-corrected chi connectivity index (χ0v) is 11.0. The van der Waals surface area contributed by atoms with E-state index in [1.165, 1.54) is 0 Å². The van der Waals surface area contributed by atoms with Crippen LogP contribution in [0.1, 0.15) is 0 Å². The Bertz CT molecular complexity index is 981. The molecule has 0 aliphatic heterocycles. The minimum absolute atomic E-state index is 0.0287. The highest BCUT2D eigenvalue weighted by molar-refractivity contribution is 6.08. The number of nitrogens with zero attached hydrogens (tertiary/aromatic N) is 1. The maximum Gasteiger partial charge on any atom is 0.329 e. The van der Waals surface area contributed by atoms with Crippen LogP contribution in [0.4, 0.5) is 5.82 Å². The number of hydrogen-bond donors (Lipinski definition) is 2. The van der Waals surface area contributed by atoms with E-state index in [1.807, 2.05) is 54.7 Å². The van der Waals surface area contributed by atoms with Gasteiger partial charge in [0.25, 0.3) is 0 Å². The summed E-state index contributed by atoms with van der Waals surface area (Å²) in [6.45, 7) is 0. The molecule has 0 bridgehead atoms. The Morgan fingerprint density at radius 3 is 2.33 bits per heavy atom. The molecular formula is C16H11N3O2. The zero-order chi connectivity index (χ0) is 14.4. The van der Waals surface area contributed by atoms with Crippen molar-refractivity contribution in [2.24, 2.45) is 0 Å². The summed E-state index contributed by atoms with van der Waals surface area (Å²) in [5.41, 5.74) is 3.21. The van der Waals surface area contributed by atoms with Gasteiger partial charge in [-0.1, -0.05) is 30.3 Å². The van der Waals surface area contributed by atoms with Crippen molar-refractivity contribution in [3.63, 3.8) is 0 Å². The number of H-pyrrole nitrogens is 2. The minimum Gasteiger partial charge on any atom is -0.361 e. The van der Waals surface area contributed by atoms with Crippen LogP contribution in [0.25, 0.3) is 32.9 Å². The standard InChI is InChI=1S/C16H11N3O2/c20-19(21)16-15(11-6-2-4-8-14(11)18-16)12-9-17-13-7-3-1-5-10(12)13/h1-9,17-18H. The molecule has 0 atom stereocenters. The van der Waals surface area contributed by atoms with Crippen LogP contribution in [0.5, 0.6) is 0 Å². The average Bonchev–Trinajstić information content (AvgIpc) is 3.07. The third kappa shape index (κ3) is 1.64. The third-order valence-corrected chi connectivity index (χ3v) is 3.73. The van der Waals surface area contributed by atoms with E-state index in [4.69, 9.17) is 0 Å². The summed E-state index contributed by atoms with van der Waals surface area (Å²) in [5, 5.41) is 13.2. The van der Waals surface area contributed by atoms with E-state index in [-0.39, 0.29) is 10.7 Å². The highest BCUT2D eigenvalue weighted by atomic mass is 16.6. The lowest BCUT2D eigenvalue weighted by Crippen LogP contribution is -1.90. The molecule has 2 heterocycles. The van der Waals surface area contributed by atoms with E-state index >= 15 is 0 Å². The van der Waals surface area contributed by atoms with Crippen molar-refractivity contribution >= 4 is 27.6 Å². The maximum atomic E-state index is 11.4. The molecule has 2 aromatic heterocycles. The van der Waals surface area contributed by atoms with Crippen LogP contribution in [0.2, 0.25) is 0 Å². The maximum absolute atomic E-state index is 11.4. The Hall–Kier alpha value is -3.08. The molecule has 5 heteroatoms. The van der Waals surface area contributed by atoms with E-state index in [1.54, 1.807) is 0 Å². The molecule has 0 aliphatic carbocycles. The van der Waals surface area contributed by atoms with E-state index in [2.05, 4.69) is 9.97 Å². The van der Waals surface area contributed by atoms with Crippen molar-refractivity contribution < 1.29 is 4.92 Å². The fraction of sp³-hybridized carbons (Fsp3) is 0. The second kappa shape index (κ2) is 4.21. The van der Waals surface area contributed by atoms with Crippen LogP contribution in [-0.4, -0.2) is 14.9 Å². The van der Waals surface area contributed by atoms with Gasteiger partial charge in [-0.2, -0.15) is 0 Å². The van der Waals surface area contributed by atoms with Gasteiger partial charge in [0.2, 0.25) is 0 Å². The molecule has 5 nitrogen and oxygen atoms in total. The Balaban J connectivity index is 2.14. The number of para-hydroxylation sites is 2. The minimum atomic E-state index is -0.364. The van der Waals surface area contributed by atoms with E-state index in [9.17, 15) is 10.1 Å². The van der Waals surface area contributed by atoms with Crippen molar-refractivity contribution in [1.29, 1.82) is 0 Å². The summed E-state index contributed by atoms with van der Waals surface area (Å²) in [4.78, 5) is 17.1. The molecule has 0 saturated carbocycles. The van der Waals surface area contributed by atoms with Crippen LogP contribution < -0.4 is 0 Å². The number of aromatic nitrogens is 2. The molecule has 102 valence electrons. The molecule has 2 N–H and O–H groups in total. The summed E-state index contributed by atoms with van der Waals surface area (Å²) in [5.74, 6) is 0.0287. The zero-order valence-electron chi connectivity index (χ0n) is 11.0. The normalized spacial score (nSPS) is 11.2. The molecule has 0 unspecified atom stereocenters. The number of aromatic amines is 2. The second-order valence-corrected chi connectivity index (χ2v) is 4.90. The lowest BCUT2D eigenvalue weighted by Gasteiger charge is -1.99. The van der Waals surface area contributed by atoms with Crippen LogP contribution in [-0.2, 0) is 0 Å². The van der Waals surface area contributed by atoms with Gasteiger partial charge in [0.05, 0.1) is 5.56 Å². The van der Waals surface area contributed by atoms with Gasteiger partial charge in [0.1, 0.15) is 5.52 Å². The lowest BCUT2D eigenvalue weighted by atomic mass is 10.0. The Labute approximate surface area is 119 Å². The third-order valence-electron chi connectivity index (χ3n) is 3.73. The van der Waals surface area contributed by atoms with Gasteiger partial charge < -0.3 is 15.1 Å². The molecule has 4 rings (SSSR count). The topological polar surface area (TPSA) is 74.7 Å². The van der Waals surface area contributed by atoms with Crippen molar-refractivity contribution in [3.05, 3.63) is 64.8 Å². The van der Waals surface area contributed by atoms with Crippen LogP contribution in [0, 0.1) is 10.1 Å². The van der Waals surface area contributed by atoms with Gasteiger partial charge in [-0.05, 0) is 23.1 Å². The quantitative estimate of drug-likeness (QED) is 0.425. The largest absolute Gasteiger partial charge is 0.361 e. The molecule has 2 aromatic carbocycles. The monoisotopic (exact) mass is 277 g/mol. The van der Waals surface area contributed by atoms with Gasteiger partial charge in [0, 0.05) is 28.0 Å². The van der Waals surface area contributed by atoms with Gasteiger partial charge in [-0.3, -0.25) is 0 Å². The number of benzene rings is 2. The van der Waals surface area contributed by atoms with Gasteiger partial charge in [-0.15, -0.1) is 0 Å². The van der Waals surface area contributed by atoms with Crippen LogP contribution >= 0.6 is 0 Å². The first-order chi connectivity index (χ1) is 10.3. The first-order valence-electron chi connectivity index (χ1n) is 6.57. The van der Waals surface area contributed by atoms with Gasteiger partial charge in [0.15, 0.2) is 0 Å². The Morgan fingerprint density at radius 1 is 0.905 bits per heavy atom. The molecule has 0 saturated heterocycles. The first kappa shape index (κ1) is 11.7. The summed E-state index contributed by atoms with van der Waals surface area (Å²) < 4.78 is 0. The highest BCUT2D eigenvalue weighted by Gasteiger charge is 2.23. The number of hydrogen-bond acceptors (Lipinski definition) is 2. The molecule has 0 spiro atoms. The molecule has 4 aromatic rings. The molecule has 0 radical (unpaired) electrons. The molecule has 0 amide bonds. The van der Waals surface area contributed by atoms with Crippen molar-refractivity contribution in [2.75, 3.05) is 0 Å². The van der Waals surface area contributed by atoms with Crippen molar-refractivity contribution in [2.45, 2.75) is 0 Å². The summed E-state index contributed by atoms with van der Waals surface area (Å²) in [6, 6.07) is 15.3. The SMILES string of the molecule is O=[N+]([O-])c1[nH]c2ccccc2c1-c1c[nH]c2ccccc12. The Kier molecular flexibility index (Phi) is 2.35.